The molecule has 2 rings (SSSR count). The summed E-state index contributed by atoms with van der Waals surface area (Å²) in [5.41, 5.74) is -0.384. The standard InChI is InChI=1S/C11H8BrF2NO2/c12-6-3-8(13)11(9(14)4-6)15-2-1-7(16)5-10(15)17/h3-4H,1-2,5H2. The summed E-state index contributed by atoms with van der Waals surface area (Å²) in [5.74, 6) is -2.41. The Kier molecular flexibility index (Phi) is 3.24. The molecule has 0 unspecified atom stereocenters. The Hall–Kier alpha value is -1.30. The molecular formula is C11H8BrF2NO2. The fourth-order valence-corrected chi connectivity index (χ4v) is 2.14. The van der Waals surface area contributed by atoms with Gasteiger partial charge in [-0.3, -0.25) is 9.59 Å². The molecule has 6 heteroatoms. The third-order valence-electron chi connectivity index (χ3n) is 2.52. The van der Waals surface area contributed by atoms with Crippen LogP contribution >= 0.6 is 15.9 Å². The molecule has 1 amide bonds. The molecular weight excluding hydrogens is 296 g/mol. The fourth-order valence-electron chi connectivity index (χ4n) is 1.74. The molecule has 1 aromatic rings. The van der Waals surface area contributed by atoms with Crippen molar-refractivity contribution in [1.82, 2.24) is 0 Å². The Bertz CT molecular complexity index is 481. The second kappa shape index (κ2) is 4.52. The van der Waals surface area contributed by atoms with Crippen LogP contribution < -0.4 is 4.90 Å². The summed E-state index contributed by atoms with van der Waals surface area (Å²) in [6.07, 6.45) is -0.171. The van der Waals surface area contributed by atoms with E-state index in [0.29, 0.717) is 0 Å². The van der Waals surface area contributed by atoms with Crippen molar-refractivity contribution < 1.29 is 18.4 Å². The average Bonchev–Trinajstić information content (AvgIpc) is 2.19. The van der Waals surface area contributed by atoms with Gasteiger partial charge in [0, 0.05) is 17.4 Å². The van der Waals surface area contributed by atoms with Gasteiger partial charge in [0.05, 0.1) is 6.42 Å². The largest absolute Gasteiger partial charge is 0.306 e. The van der Waals surface area contributed by atoms with Gasteiger partial charge in [-0.05, 0) is 12.1 Å². The molecule has 0 aliphatic carbocycles. The number of benzene rings is 1. The van der Waals surface area contributed by atoms with Crippen LogP contribution in [0.15, 0.2) is 16.6 Å². The Labute approximate surface area is 105 Å². The summed E-state index contributed by atoms with van der Waals surface area (Å²) in [6, 6.07) is 2.17. The predicted molar refractivity (Wildman–Crippen MR) is 60.7 cm³/mol. The van der Waals surface area contributed by atoms with Crippen LogP contribution in [-0.2, 0) is 9.59 Å². The summed E-state index contributed by atoms with van der Waals surface area (Å²) in [6.45, 7) is 0.0210. The van der Waals surface area contributed by atoms with Crippen LogP contribution in [0.5, 0.6) is 0 Å². The van der Waals surface area contributed by atoms with Gasteiger partial charge >= 0.3 is 0 Å². The fraction of sp³-hybridized carbons (Fsp3) is 0.273. The Morgan fingerprint density at radius 3 is 2.29 bits per heavy atom. The zero-order valence-electron chi connectivity index (χ0n) is 8.67. The minimum absolute atomic E-state index is 0.0210. The average molecular weight is 304 g/mol. The number of piperidine rings is 1. The molecule has 3 nitrogen and oxygen atoms in total. The van der Waals surface area contributed by atoms with Gasteiger partial charge in [-0.1, -0.05) is 15.9 Å². The van der Waals surface area contributed by atoms with Gasteiger partial charge in [-0.15, -0.1) is 0 Å². The molecule has 0 N–H and O–H groups in total. The lowest BCUT2D eigenvalue weighted by Crippen LogP contribution is -2.40. The number of carbonyl (C=O) groups is 2. The normalized spacial score (nSPS) is 16.5. The number of hydrogen-bond acceptors (Lipinski definition) is 2. The first-order valence-electron chi connectivity index (χ1n) is 4.95. The molecule has 0 spiro atoms. The monoisotopic (exact) mass is 303 g/mol. The Morgan fingerprint density at radius 1 is 1.18 bits per heavy atom. The quantitative estimate of drug-likeness (QED) is 0.747. The van der Waals surface area contributed by atoms with E-state index < -0.39 is 17.5 Å². The Morgan fingerprint density at radius 2 is 1.76 bits per heavy atom. The SMILES string of the molecule is O=C1CCN(c2c(F)cc(Br)cc2F)C(=O)C1. The maximum atomic E-state index is 13.6. The molecule has 1 heterocycles. The molecule has 90 valence electrons. The lowest BCUT2D eigenvalue weighted by molar-refractivity contribution is -0.128. The van der Waals surface area contributed by atoms with Crippen LogP contribution in [0.25, 0.3) is 0 Å². The number of amides is 1. The zero-order valence-corrected chi connectivity index (χ0v) is 10.3. The van der Waals surface area contributed by atoms with Crippen molar-refractivity contribution in [1.29, 1.82) is 0 Å². The first kappa shape index (κ1) is 12.2. The third-order valence-corrected chi connectivity index (χ3v) is 2.97. The lowest BCUT2D eigenvalue weighted by atomic mass is 10.1. The second-order valence-corrected chi connectivity index (χ2v) is 4.64. The van der Waals surface area contributed by atoms with E-state index in [-0.39, 0.29) is 35.3 Å². The van der Waals surface area contributed by atoms with Gasteiger partial charge in [0.2, 0.25) is 5.91 Å². The number of anilines is 1. The second-order valence-electron chi connectivity index (χ2n) is 3.73. The maximum absolute atomic E-state index is 13.6. The van der Waals surface area contributed by atoms with E-state index in [4.69, 9.17) is 0 Å². The number of nitrogens with zero attached hydrogens (tertiary/aromatic N) is 1. The van der Waals surface area contributed by atoms with Crippen LogP contribution in [0.1, 0.15) is 12.8 Å². The van der Waals surface area contributed by atoms with Gasteiger partial charge in [-0.25, -0.2) is 8.78 Å². The van der Waals surface area contributed by atoms with Crippen LogP contribution in [0, 0.1) is 11.6 Å². The number of rotatable bonds is 1. The topological polar surface area (TPSA) is 37.4 Å². The molecule has 1 aliphatic rings. The predicted octanol–water partition coefficient (Wildman–Crippen LogP) is 2.42. The van der Waals surface area contributed by atoms with E-state index in [1.165, 1.54) is 0 Å². The van der Waals surface area contributed by atoms with Crippen molar-refractivity contribution in [2.75, 3.05) is 11.4 Å². The van der Waals surface area contributed by atoms with Crippen LogP contribution in [0.4, 0.5) is 14.5 Å². The molecule has 0 radical (unpaired) electrons. The van der Waals surface area contributed by atoms with E-state index >= 15 is 0 Å². The van der Waals surface area contributed by atoms with Crippen LogP contribution in [0.2, 0.25) is 0 Å². The number of hydrogen-bond donors (Lipinski definition) is 0. The summed E-state index contributed by atoms with van der Waals surface area (Å²) >= 11 is 2.96. The van der Waals surface area contributed by atoms with Gasteiger partial charge in [0.1, 0.15) is 11.5 Å². The molecule has 0 bridgehead atoms. The highest BCUT2D eigenvalue weighted by atomic mass is 79.9. The minimum Gasteiger partial charge on any atom is -0.306 e. The van der Waals surface area contributed by atoms with Crippen molar-refractivity contribution in [2.24, 2.45) is 0 Å². The van der Waals surface area contributed by atoms with E-state index in [1.54, 1.807) is 0 Å². The van der Waals surface area contributed by atoms with Crippen molar-refractivity contribution in [2.45, 2.75) is 12.8 Å². The van der Waals surface area contributed by atoms with Gasteiger partial charge in [-0.2, -0.15) is 0 Å². The Balaban J connectivity index is 2.40. The summed E-state index contributed by atoms with van der Waals surface area (Å²) in [4.78, 5) is 23.6. The number of ketones is 1. The third kappa shape index (κ3) is 2.36. The molecule has 1 saturated heterocycles. The van der Waals surface area contributed by atoms with Crippen molar-refractivity contribution >= 4 is 33.3 Å². The van der Waals surface area contributed by atoms with Crippen LogP contribution in [0.3, 0.4) is 0 Å². The minimum atomic E-state index is -0.820. The summed E-state index contributed by atoms with van der Waals surface area (Å²) in [7, 11) is 0. The molecule has 0 saturated carbocycles. The molecule has 17 heavy (non-hydrogen) atoms. The molecule has 1 aliphatic heterocycles. The van der Waals surface area contributed by atoms with Gasteiger partial charge in [0.15, 0.2) is 11.6 Å². The number of Topliss-reactive ketones (excluding diaryl/α,β-unsaturated/α-hetero) is 1. The van der Waals surface area contributed by atoms with E-state index in [1.807, 2.05) is 0 Å². The highest BCUT2D eigenvalue weighted by Crippen LogP contribution is 2.29. The van der Waals surface area contributed by atoms with E-state index in [2.05, 4.69) is 15.9 Å². The van der Waals surface area contributed by atoms with Gasteiger partial charge in [0.25, 0.3) is 0 Å². The summed E-state index contributed by atoms with van der Waals surface area (Å²) in [5, 5.41) is 0. The van der Waals surface area contributed by atoms with E-state index in [0.717, 1.165) is 17.0 Å². The molecule has 0 atom stereocenters. The van der Waals surface area contributed by atoms with E-state index in [9.17, 15) is 18.4 Å². The van der Waals surface area contributed by atoms with Crippen molar-refractivity contribution in [3.63, 3.8) is 0 Å². The maximum Gasteiger partial charge on any atom is 0.234 e. The smallest absolute Gasteiger partial charge is 0.234 e. The molecule has 1 fully saturated rings. The van der Waals surface area contributed by atoms with Gasteiger partial charge < -0.3 is 4.90 Å². The summed E-state index contributed by atoms with van der Waals surface area (Å²) < 4.78 is 27.5. The molecule has 0 aromatic heterocycles. The van der Waals surface area contributed by atoms with Crippen LogP contribution in [-0.4, -0.2) is 18.2 Å². The van der Waals surface area contributed by atoms with Crippen molar-refractivity contribution in [3.05, 3.63) is 28.2 Å². The lowest BCUT2D eigenvalue weighted by Gasteiger charge is -2.26. The number of halogens is 3. The highest BCUT2D eigenvalue weighted by molar-refractivity contribution is 9.10. The first-order chi connectivity index (χ1) is 7.99. The molecule has 1 aromatic carbocycles. The van der Waals surface area contributed by atoms with Crippen molar-refractivity contribution in [3.8, 4) is 0 Å². The highest BCUT2D eigenvalue weighted by Gasteiger charge is 2.29. The first-order valence-corrected chi connectivity index (χ1v) is 5.75. The number of carbonyl (C=O) groups excluding carboxylic acids is 2. The zero-order chi connectivity index (χ0) is 12.6.